The van der Waals surface area contributed by atoms with Crippen LogP contribution in [-0.2, 0) is 0 Å². The van der Waals surface area contributed by atoms with Gasteiger partial charge in [0, 0.05) is 4.88 Å². The molecule has 11 heavy (non-hydrogen) atoms. The molecule has 1 atom stereocenters. The van der Waals surface area contributed by atoms with Gasteiger partial charge in [0.25, 0.3) is 0 Å². The molecule has 5 heteroatoms. The SMILES string of the molecule is OC(F)(F)C(F)c1cccs1. The number of thiophene rings is 1. The number of aliphatic hydroxyl groups is 1. The highest BCUT2D eigenvalue weighted by Crippen LogP contribution is 2.34. The van der Waals surface area contributed by atoms with Crippen LogP contribution < -0.4 is 0 Å². The Hall–Kier alpha value is -0.550. The third kappa shape index (κ3) is 1.94. The number of halogens is 3. The highest BCUT2D eigenvalue weighted by Gasteiger charge is 2.39. The van der Waals surface area contributed by atoms with Gasteiger partial charge in [0.15, 0.2) is 0 Å². The van der Waals surface area contributed by atoms with Crippen molar-refractivity contribution in [3.63, 3.8) is 0 Å². The molecule has 0 aromatic carbocycles. The van der Waals surface area contributed by atoms with Crippen LogP contribution in [-0.4, -0.2) is 11.2 Å². The van der Waals surface area contributed by atoms with Crippen LogP contribution in [0.25, 0.3) is 0 Å². The van der Waals surface area contributed by atoms with E-state index in [0.717, 1.165) is 11.3 Å². The second-order valence-corrected chi connectivity index (χ2v) is 2.95. The van der Waals surface area contributed by atoms with Gasteiger partial charge in [-0.2, -0.15) is 8.78 Å². The van der Waals surface area contributed by atoms with Crippen LogP contribution in [0.1, 0.15) is 11.0 Å². The van der Waals surface area contributed by atoms with E-state index in [9.17, 15) is 13.2 Å². The van der Waals surface area contributed by atoms with Gasteiger partial charge >= 0.3 is 6.11 Å². The first-order chi connectivity index (χ1) is 5.02. The first kappa shape index (κ1) is 8.55. The van der Waals surface area contributed by atoms with Gasteiger partial charge in [-0.3, -0.25) is 0 Å². The predicted molar refractivity (Wildman–Crippen MR) is 35.3 cm³/mol. The number of hydrogen-bond acceptors (Lipinski definition) is 2. The second kappa shape index (κ2) is 2.83. The zero-order valence-electron chi connectivity index (χ0n) is 5.30. The van der Waals surface area contributed by atoms with Gasteiger partial charge in [-0.15, -0.1) is 11.3 Å². The average molecular weight is 182 g/mol. The van der Waals surface area contributed by atoms with E-state index >= 15 is 0 Å². The standard InChI is InChI=1S/C6H5F3OS/c7-5(6(8,9)10)4-2-1-3-11-4/h1-3,5,10H. The third-order valence-corrected chi connectivity index (χ3v) is 2.01. The molecule has 0 saturated carbocycles. The Morgan fingerprint density at radius 1 is 1.55 bits per heavy atom. The molecule has 0 amide bonds. The largest absolute Gasteiger partial charge is 0.389 e. The van der Waals surface area contributed by atoms with E-state index < -0.39 is 12.3 Å². The quantitative estimate of drug-likeness (QED) is 0.744. The van der Waals surface area contributed by atoms with Crippen LogP contribution in [0.5, 0.6) is 0 Å². The molecule has 0 saturated heterocycles. The molecule has 1 aromatic heterocycles. The molecule has 62 valence electrons. The van der Waals surface area contributed by atoms with Crippen molar-refractivity contribution in [2.75, 3.05) is 0 Å². The minimum Gasteiger partial charge on any atom is -0.334 e. The molecule has 0 radical (unpaired) electrons. The van der Waals surface area contributed by atoms with Crippen molar-refractivity contribution >= 4 is 11.3 Å². The monoisotopic (exact) mass is 182 g/mol. The van der Waals surface area contributed by atoms with Crippen LogP contribution in [0.15, 0.2) is 17.5 Å². The highest BCUT2D eigenvalue weighted by molar-refractivity contribution is 7.10. The Kier molecular flexibility index (Phi) is 2.20. The minimum atomic E-state index is -4.27. The molecule has 1 heterocycles. The lowest BCUT2D eigenvalue weighted by Gasteiger charge is -2.11. The molecule has 1 N–H and O–H groups in total. The van der Waals surface area contributed by atoms with Gasteiger partial charge in [-0.25, -0.2) is 4.39 Å². The van der Waals surface area contributed by atoms with Crippen LogP contribution in [0.4, 0.5) is 13.2 Å². The molecule has 0 spiro atoms. The number of rotatable bonds is 2. The maximum atomic E-state index is 12.5. The smallest absolute Gasteiger partial charge is 0.334 e. The molecular weight excluding hydrogens is 177 g/mol. The molecule has 0 aliphatic carbocycles. The van der Waals surface area contributed by atoms with E-state index in [4.69, 9.17) is 5.11 Å². The fraction of sp³-hybridized carbons (Fsp3) is 0.333. The first-order valence-electron chi connectivity index (χ1n) is 2.79. The van der Waals surface area contributed by atoms with Gasteiger partial charge in [-0.05, 0) is 11.4 Å². The maximum absolute atomic E-state index is 12.5. The van der Waals surface area contributed by atoms with Crippen molar-refractivity contribution in [3.05, 3.63) is 22.4 Å². The summed E-state index contributed by atoms with van der Waals surface area (Å²) in [4.78, 5) is -0.169. The van der Waals surface area contributed by atoms with Gasteiger partial charge in [0.1, 0.15) is 0 Å². The molecule has 1 rings (SSSR count). The van der Waals surface area contributed by atoms with E-state index in [1.54, 1.807) is 0 Å². The molecule has 0 bridgehead atoms. The Balaban J connectivity index is 2.78. The third-order valence-electron chi connectivity index (χ3n) is 1.10. The van der Waals surface area contributed by atoms with Gasteiger partial charge in [0.2, 0.25) is 6.17 Å². The van der Waals surface area contributed by atoms with E-state index in [1.165, 1.54) is 17.5 Å². The molecule has 1 aromatic rings. The Morgan fingerprint density at radius 3 is 2.55 bits per heavy atom. The summed E-state index contributed by atoms with van der Waals surface area (Å²) in [6, 6.07) is 2.65. The Morgan fingerprint density at radius 2 is 2.18 bits per heavy atom. The van der Waals surface area contributed by atoms with Crippen molar-refractivity contribution in [2.45, 2.75) is 12.3 Å². The molecule has 0 aliphatic rings. The van der Waals surface area contributed by atoms with Gasteiger partial charge in [0.05, 0.1) is 0 Å². The molecular formula is C6H5F3OS. The normalized spacial score (nSPS) is 14.9. The van der Waals surface area contributed by atoms with Crippen molar-refractivity contribution in [2.24, 2.45) is 0 Å². The summed E-state index contributed by atoms with van der Waals surface area (Å²) >= 11 is 0.843. The molecule has 1 nitrogen and oxygen atoms in total. The molecule has 1 unspecified atom stereocenters. The number of alkyl halides is 3. The summed E-state index contributed by atoms with van der Waals surface area (Å²) in [5.41, 5.74) is 0. The maximum Gasteiger partial charge on any atom is 0.389 e. The van der Waals surface area contributed by atoms with E-state index in [2.05, 4.69) is 0 Å². The fourth-order valence-corrected chi connectivity index (χ4v) is 1.34. The Labute approximate surface area is 65.1 Å². The van der Waals surface area contributed by atoms with Crippen molar-refractivity contribution in [1.29, 1.82) is 0 Å². The van der Waals surface area contributed by atoms with E-state index in [-0.39, 0.29) is 4.88 Å². The first-order valence-corrected chi connectivity index (χ1v) is 3.67. The summed E-state index contributed by atoms with van der Waals surface area (Å²) in [5, 5.41) is 9.42. The summed E-state index contributed by atoms with van der Waals surface area (Å²) < 4.78 is 36.2. The van der Waals surface area contributed by atoms with Crippen molar-refractivity contribution in [3.8, 4) is 0 Å². The summed E-state index contributed by atoms with van der Waals surface area (Å²) in [7, 11) is 0. The van der Waals surface area contributed by atoms with Crippen molar-refractivity contribution < 1.29 is 18.3 Å². The van der Waals surface area contributed by atoms with E-state index in [1.807, 2.05) is 0 Å². The van der Waals surface area contributed by atoms with Crippen LogP contribution >= 0.6 is 11.3 Å². The lowest BCUT2D eigenvalue weighted by Crippen LogP contribution is -2.21. The van der Waals surface area contributed by atoms with Gasteiger partial charge in [-0.1, -0.05) is 6.07 Å². The summed E-state index contributed by atoms with van der Waals surface area (Å²) in [6.45, 7) is 0. The zero-order chi connectivity index (χ0) is 8.48. The summed E-state index contributed by atoms with van der Waals surface area (Å²) in [5.74, 6) is 0. The highest BCUT2D eigenvalue weighted by atomic mass is 32.1. The topological polar surface area (TPSA) is 20.2 Å². The van der Waals surface area contributed by atoms with Crippen LogP contribution in [0.3, 0.4) is 0 Å². The fourth-order valence-electron chi connectivity index (χ4n) is 0.607. The van der Waals surface area contributed by atoms with Crippen LogP contribution in [0.2, 0.25) is 0 Å². The summed E-state index contributed by atoms with van der Waals surface area (Å²) in [6.07, 6.45) is -6.88. The Bertz CT molecular complexity index is 216. The zero-order valence-corrected chi connectivity index (χ0v) is 6.12. The van der Waals surface area contributed by atoms with Gasteiger partial charge < -0.3 is 5.11 Å². The van der Waals surface area contributed by atoms with Crippen molar-refractivity contribution in [1.82, 2.24) is 0 Å². The predicted octanol–water partition coefficient (Wildman–Crippen LogP) is 2.34. The lowest BCUT2D eigenvalue weighted by molar-refractivity contribution is -0.242. The average Bonchev–Trinajstić information content (AvgIpc) is 2.34. The second-order valence-electron chi connectivity index (χ2n) is 1.97. The number of hydrogen-bond donors (Lipinski definition) is 1. The minimum absolute atomic E-state index is 0.169. The molecule has 0 aliphatic heterocycles. The van der Waals surface area contributed by atoms with Crippen LogP contribution in [0, 0.1) is 0 Å². The van der Waals surface area contributed by atoms with E-state index in [0.29, 0.717) is 0 Å². The molecule has 0 fully saturated rings. The lowest BCUT2D eigenvalue weighted by atomic mass is 10.3.